The number of benzene rings is 2. The summed E-state index contributed by atoms with van der Waals surface area (Å²) in [5.74, 6) is 1.88. The van der Waals surface area contributed by atoms with Crippen LogP contribution in [-0.4, -0.2) is 12.2 Å². The summed E-state index contributed by atoms with van der Waals surface area (Å²) in [6.45, 7) is 2.71. The minimum Gasteiger partial charge on any atom is -0.508 e. The second kappa shape index (κ2) is 6.12. The molecule has 0 bridgehead atoms. The number of phenols is 1. The summed E-state index contributed by atoms with van der Waals surface area (Å²) in [6, 6.07) is 15.2. The number of nitrogens with one attached hydrogen (secondary N) is 1. The first-order chi connectivity index (χ1) is 10.7. The Morgan fingerprint density at radius 1 is 1.18 bits per heavy atom. The average molecular weight is 297 g/mol. The number of aromatic hydroxyl groups is 1. The molecule has 1 atom stereocenters. The lowest BCUT2D eigenvalue weighted by molar-refractivity contribution is 0.399. The fourth-order valence-electron chi connectivity index (χ4n) is 2.47. The molecule has 0 saturated heterocycles. The number of hydrogen-bond acceptors (Lipinski definition) is 4. The predicted molar refractivity (Wildman–Crippen MR) is 86.1 cm³/mol. The van der Waals surface area contributed by atoms with Crippen LogP contribution >= 0.6 is 0 Å². The first-order valence-electron chi connectivity index (χ1n) is 7.25. The summed E-state index contributed by atoms with van der Waals surface area (Å²) in [7, 11) is 1.64. The average Bonchev–Trinajstić information content (AvgIpc) is 2.96. The largest absolute Gasteiger partial charge is 0.508 e. The Morgan fingerprint density at radius 2 is 2.00 bits per heavy atom. The molecular weight excluding hydrogens is 278 g/mol. The summed E-state index contributed by atoms with van der Waals surface area (Å²) in [6.07, 6.45) is 0. The zero-order chi connectivity index (χ0) is 15.5. The van der Waals surface area contributed by atoms with Gasteiger partial charge in [-0.2, -0.15) is 0 Å². The first-order valence-corrected chi connectivity index (χ1v) is 7.25. The minimum absolute atomic E-state index is 0.0551. The third-order valence-corrected chi connectivity index (χ3v) is 3.70. The minimum atomic E-state index is 0.0551. The van der Waals surface area contributed by atoms with Crippen molar-refractivity contribution in [3.05, 3.63) is 59.9 Å². The van der Waals surface area contributed by atoms with Crippen LogP contribution in [0.3, 0.4) is 0 Å². The highest BCUT2D eigenvalue weighted by Gasteiger charge is 2.13. The highest BCUT2D eigenvalue weighted by molar-refractivity contribution is 5.83. The zero-order valence-corrected chi connectivity index (χ0v) is 12.7. The van der Waals surface area contributed by atoms with Crippen molar-refractivity contribution >= 4 is 11.0 Å². The van der Waals surface area contributed by atoms with Crippen LogP contribution in [0.2, 0.25) is 0 Å². The molecule has 0 fully saturated rings. The number of ether oxygens (including phenoxy) is 1. The molecule has 0 aliphatic carbocycles. The van der Waals surface area contributed by atoms with Gasteiger partial charge in [0.1, 0.15) is 11.5 Å². The van der Waals surface area contributed by atoms with Crippen LogP contribution in [0.5, 0.6) is 11.5 Å². The molecule has 0 radical (unpaired) electrons. The van der Waals surface area contributed by atoms with E-state index in [9.17, 15) is 5.11 Å². The third-order valence-electron chi connectivity index (χ3n) is 3.70. The van der Waals surface area contributed by atoms with Crippen LogP contribution in [0.1, 0.15) is 24.3 Å². The van der Waals surface area contributed by atoms with Gasteiger partial charge < -0.3 is 19.6 Å². The zero-order valence-electron chi connectivity index (χ0n) is 12.7. The van der Waals surface area contributed by atoms with Gasteiger partial charge >= 0.3 is 0 Å². The summed E-state index contributed by atoms with van der Waals surface area (Å²) in [5, 5.41) is 13.9. The molecule has 0 amide bonds. The normalized spacial score (nSPS) is 12.5. The van der Waals surface area contributed by atoms with E-state index in [2.05, 4.69) is 5.32 Å². The number of fused-ring (bicyclic) bond motifs is 1. The summed E-state index contributed by atoms with van der Waals surface area (Å²) in [5.41, 5.74) is 1.80. The van der Waals surface area contributed by atoms with Crippen LogP contribution in [0, 0.1) is 0 Å². The molecule has 1 heterocycles. The number of para-hydroxylation sites is 1. The molecule has 1 aromatic heterocycles. The van der Waals surface area contributed by atoms with E-state index in [4.69, 9.17) is 9.15 Å². The smallest absolute Gasteiger partial charge is 0.176 e. The van der Waals surface area contributed by atoms with E-state index in [1.807, 2.05) is 43.3 Å². The standard InChI is InChI=1S/C18H19NO3/c1-12(19-11-13-5-3-7-15(20)9-13)17-10-14-6-4-8-16(21-2)18(14)22-17/h3-10,12,19-20H,11H2,1-2H3/t12-/m0/s1. The van der Waals surface area contributed by atoms with E-state index in [1.54, 1.807) is 19.2 Å². The van der Waals surface area contributed by atoms with Crippen molar-refractivity contribution in [1.29, 1.82) is 0 Å². The van der Waals surface area contributed by atoms with Crippen molar-refractivity contribution in [2.75, 3.05) is 7.11 Å². The monoisotopic (exact) mass is 297 g/mol. The van der Waals surface area contributed by atoms with Gasteiger partial charge in [-0.15, -0.1) is 0 Å². The third kappa shape index (κ3) is 2.92. The number of phenolic OH excluding ortho intramolecular Hbond substituents is 1. The van der Waals surface area contributed by atoms with E-state index < -0.39 is 0 Å². The van der Waals surface area contributed by atoms with E-state index in [-0.39, 0.29) is 11.8 Å². The Labute approximate surface area is 129 Å². The molecule has 0 saturated carbocycles. The van der Waals surface area contributed by atoms with E-state index in [1.165, 1.54) is 0 Å². The Kier molecular flexibility index (Phi) is 4.02. The fraction of sp³-hybridized carbons (Fsp3) is 0.222. The topological polar surface area (TPSA) is 54.6 Å². The second-order valence-corrected chi connectivity index (χ2v) is 5.30. The van der Waals surface area contributed by atoms with Crippen molar-refractivity contribution in [3.63, 3.8) is 0 Å². The molecule has 2 N–H and O–H groups in total. The number of methoxy groups -OCH3 is 1. The molecule has 0 aliphatic rings. The predicted octanol–water partition coefficient (Wildman–Crippen LogP) is 4.00. The molecule has 4 nitrogen and oxygen atoms in total. The first kappa shape index (κ1) is 14.5. The Bertz CT molecular complexity index is 779. The number of furan rings is 1. The van der Waals surface area contributed by atoms with Crippen LogP contribution < -0.4 is 10.1 Å². The molecule has 0 aliphatic heterocycles. The second-order valence-electron chi connectivity index (χ2n) is 5.30. The molecule has 3 rings (SSSR count). The number of hydrogen-bond donors (Lipinski definition) is 2. The lowest BCUT2D eigenvalue weighted by atomic mass is 10.2. The molecule has 0 unspecified atom stereocenters. The number of rotatable bonds is 5. The van der Waals surface area contributed by atoms with Gasteiger partial charge in [-0.25, -0.2) is 0 Å². The van der Waals surface area contributed by atoms with E-state index in [0.29, 0.717) is 6.54 Å². The summed E-state index contributed by atoms with van der Waals surface area (Å²) < 4.78 is 11.2. The molecule has 2 aromatic carbocycles. The molecule has 22 heavy (non-hydrogen) atoms. The summed E-state index contributed by atoms with van der Waals surface area (Å²) >= 11 is 0. The van der Waals surface area contributed by atoms with Gasteiger partial charge in [-0.1, -0.05) is 24.3 Å². The fourth-order valence-corrected chi connectivity index (χ4v) is 2.47. The highest BCUT2D eigenvalue weighted by Crippen LogP contribution is 2.30. The van der Waals surface area contributed by atoms with Crippen LogP contribution in [0.25, 0.3) is 11.0 Å². The maximum atomic E-state index is 9.49. The lowest BCUT2D eigenvalue weighted by Gasteiger charge is -2.11. The van der Waals surface area contributed by atoms with E-state index in [0.717, 1.165) is 28.0 Å². The van der Waals surface area contributed by atoms with Crippen molar-refractivity contribution in [3.8, 4) is 11.5 Å². The molecule has 114 valence electrons. The van der Waals surface area contributed by atoms with Gasteiger partial charge in [0.25, 0.3) is 0 Å². The lowest BCUT2D eigenvalue weighted by Crippen LogP contribution is -2.17. The van der Waals surface area contributed by atoms with Gasteiger partial charge in [-0.05, 0) is 36.8 Å². The van der Waals surface area contributed by atoms with Crippen molar-refractivity contribution < 1.29 is 14.3 Å². The SMILES string of the molecule is COc1cccc2cc([C@H](C)NCc3cccc(O)c3)oc12. The quantitative estimate of drug-likeness (QED) is 0.747. The van der Waals surface area contributed by atoms with Gasteiger partial charge in [0.2, 0.25) is 0 Å². The summed E-state index contributed by atoms with van der Waals surface area (Å²) in [4.78, 5) is 0. The molecule has 0 spiro atoms. The van der Waals surface area contributed by atoms with Gasteiger partial charge in [0, 0.05) is 11.9 Å². The molecule has 3 aromatic rings. The van der Waals surface area contributed by atoms with Crippen molar-refractivity contribution in [2.45, 2.75) is 19.5 Å². The van der Waals surface area contributed by atoms with Gasteiger partial charge in [-0.3, -0.25) is 0 Å². The van der Waals surface area contributed by atoms with Crippen molar-refractivity contribution in [1.82, 2.24) is 5.32 Å². The Hall–Kier alpha value is -2.46. The maximum absolute atomic E-state index is 9.49. The highest BCUT2D eigenvalue weighted by atomic mass is 16.5. The Balaban J connectivity index is 1.76. The van der Waals surface area contributed by atoms with Gasteiger partial charge in [0.05, 0.1) is 13.2 Å². The van der Waals surface area contributed by atoms with Crippen molar-refractivity contribution in [2.24, 2.45) is 0 Å². The Morgan fingerprint density at radius 3 is 2.77 bits per heavy atom. The van der Waals surface area contributed by atoms with Crippen LogP contribution in [0.4, 0.5) is 0 Å². The van der Waals surface area contributed by atoms with Crippen LogP contribution in [-0.2, 0) is 6.54 Å². The molecule has 4 heteroatoms. The van der Waals surface area contributed by atoms with Crippen LogP contribution in [0.15, 0.2) is 52.9 Å². The van der Waals surface area contributed by atoms with E-state index >= 15 is 0 Å². The van der Waals surface area contributed by atoms with Gasteiger partial charge in [0.15, 0.2) is 11.3 Å². The molecular formula is C18H19NO3. The maximum Gasteiger partial charge on any atom is 0.176 e.